The Kier molecular flexibility index (Phi) is 3.86. The first-order chi connectivity index (χ1) is 16.6. The van der Waals surface area contributed by atoms with E-state index in [2.05, 4.69) is 91.2 Å². The molecule has 0 N–H and O–H groups in total. The standard InChI is InChI=1S/C30H22N4/c1-30(2)22-18-20(16-17-25(22)34-26-15-9-8-14-24(26)32-29(30)34)28-31-23-13-7-6-12-21(23)27(33-28)19-10-4-3-5-11-19/h3-18H,1-2H3. The number of aromatic nitrogens is 4. The van der Waals surface area contributed by atoms with Crippen molar-refractivity contribution in [3.8, 4) is 28.3 Å². The van der Waals surface area contributed by atoms with Crippen molar-refractivity contribution in [1.82, 2.24) is 19.5 Å². The second-order valence-corrected chi connectivity index (χ2v) is 9.40. The van der Waals surface area contributed by atoms with Crippen molar-refractivity contribution in [2.75, 3.05) is 0 Å². The fourth-order valence-electron chi connectivity index (χ4n) is 5.20. The van der Waals surface area contributed by atoms with Crippen LogP contribution in [0.4, 0.5) is 0 Å². The summed E-state index contributed by atoms with van der Waals surface area (Å²) in [5, 5.41) is 1.06. The summed E-state index contributed by atoms with van der Waals surface area (Å²) < 4.78 is 2.30. The molecule has 0 fully saturated rings. The summed E-state index contributed by atoms with van der Waals surface area (Å²) >= 11 is 0. The molecular formula is C30H22N4. The molecule has 6 aromatic rings. The van der Waals surface area contributed by atoms with E-state index < -0.39 is 0 Å². The average Bonchev–Trinajstić information content (AvgIpc) is 3.37. The third kappa shape index (κ3) is 2.62. The molecule has 0 bridgehead atoms. The van der Waals surface area contributed by atoms with Gasteiger partial charge in [-0.15, -0.1) is 0 Å². The van der Waals surface area contributed by atoms with Gasteiger partial charge in [-0.2, -0.15) is 0 Å². The average molecular weight is 439 g/mol. The summed E-state index contributed by atoms with van der Waals surface area (Å²) in [4.78, 5) is 15.0. The molecule has 4 aromatic carbocycles. The van der Waals surface area contributed by atoms with Gasteiger partial charge in [-0.05, 0) is 55.8 Å². The maximum absolute atomic E-state index is 5.07. The normalized spacial score (nSPS) is 13.8. The summed E-state index contributed by atoms with van der Waals surface area (Å²) in [6.07, 6.45) is 0. The molecule has 1 aliphatic heterocycles. The minimum Gasteiger partial charge on any atom is -0.295 e. The van der Waals surface area contributed by atoms with Gasteiger partial charge >= 0.3 is 0 Å². The van der Waals surface area contributed by atoms with Crippen molar-refractivity contribution < 1.29 is 0 Å². The molecule has 0 atom stereocenters. The van der Waals surface area contributed by atoms with E-state index in [4.69, 9.17) is 15.0 Å². The molecule has 3 heterocycles. The van der Waals surface area contributed by atoms with Gasteiger partial charge < -0.3 is 0 Å². The highest BCUT2D eigenvalue weighted by Gasteiger charge is 2.39. The Labute approximate surface area is 197 Å². The quantitative estimate of drug-likeness (QED) is 0.294. The van der Waals surface area contributed by atoms with Crippen LogP contribution in [0.1, 0.15) is 25.2 Å². The number of imidazole rings is 1. The van der Waals surface area contributed by atoms with Crippen LogP contribution in [0.15, 0.2) is 97.1 Å². The molecule has 0 spiro atoms. The predicted octanol–water partition coefficient (Wildman–Crippen LogP) is 6.94. The van der Waals surface area contributed by atoms with E-state index in [0.717, 1.165) is 50.4 Å². The van der Waals surface area contributed by atoms with Gasteiger partial charge in [-0.3, -0.25) is 4.57 Å². The van der Waals surface area contributed by atoms with Crippen LogP contribution >= 0.6 is 0 Å². The molecule has 1 aliphatic rings. The number of benzene rings is 4. The first kappa shape index (κ1) is 19.2. The molecule has 0 radical (unpaired) electrons. The van der Waals surface area contributed by atoms with E-state index in [9.17, 15) is 0 Å². The van der Waals surface area contributed by atoms with Crippen LogP contribution < -0.4 is 0 Å². The molecule has 0 saturated heterocycles. The maximum Gasteiger partial charge on any atom is 0.160 e. The van der Waals surface area contributed by atoms with Crippen LogP contribution in [-0.2, 0) is 5.41 Å². The first-order valence-corrected chi connectivity index (χ1v) is 11.6. The number of hydrogen-bond acceptors (Lipinski definition) is 3. The molecular weight excluding hydrogens is 416 g/mol. The maximum atomic E-state index is 5.07. The van der Waals surface area contributed by atoms with Crippen molar-refractivity contribution in [3.63, 3.8) is 0 Å². The smallest absolute Gasteiger partial charge is 0.160 e. The Morgan fingerprint density at radius 3 is 2.24 bits per heavy atom. The number of hydrogen-bond donors (Lipinski definition) is 0. The lowest BCUT2D eigenvalue weighted by Crippen LogP contribution is -2.16. The van der Waals surface area contributed by atoms with Crippen molar-refractivity contribution >= 4 is 21.9 Å². The van der Waals surface area contributed by atoms with Crippen LogP contribution in [0.3, 0.4) is 0 Å². The van der Waals surface area contributed by atoms with Gasteiger partial charge in [0.15, 0.2) is 5.82 Å². The van der Waals surface area contributed by atoms with Crippen molar-refractivity contribution in [2.24, 2.45) is 0 Å². The number of rotatable bonds is 2. The van der Waals surface area contributed by atoms with Gasteiger partial charge in [0.1, 0.15) is 5.82 Å². The van der Waals surface area contributed by atoms with E-state index in [1.807, 2.05) is 24.3 Å². The van der Waals surface area contributed by atoms with Gasteiger partial charge in [-0.25, -0.2) is 15.0 Å². The fraction of sp³-hybridized carbons (Fsp3) is 0.100. The van der Waals surface area contributed by atoms with E-state index in [1.165, 1.54) is 11.3 Å². The Balaban J connectivity index is 1.45. The molecule has 0 aliphatic carbocycles. The number of para-hydroxylation sites is 3. The Morgan fingerprint density at radius 1 is 0.647 bits per heavy atom. The molecule has 2 aromatic heterocycles. The third-order valence-corrected chi connectivity index (χ3v) is 6.94. The summed E-state index contributed by atoms with van der Waals surface area (Å²) in [7, 11) is 0. The molecule has 4 heteroatoms. The summed E-state index contributed by atoms with van der Waals surface area (Å²) in [5.41, 5.74) is 8.41. The lowest BCUT2D eigenvalue weighted by molar-refractivity contribution is 0.621. The topological polar surface area (TPSA) is 43.6 Å². The highest BCUT2D eigenvalue weighted by molar-refractivity contribution is 5.93. The third-order valence-electron chi connectivity index (χ3n) is 6.94. The molecule has 0 unspecified atom stereocenters. The predicted molar refractivity (Wildman–Crippen MR) is 137 cm³/mol. The van der Waals surface area contributed by atoms with Crippen LogP contribution in [0.25, 0.3) is 50.3 Å². The second-order valence-electron chi connectivity index (χ2n) is 9.40. The molecule has 162 valence electrons. The second kappa shape index (κ2) is 6.84. The monoisotopic (exact) mass is 438 g/mol. The summed E-state index contributed by atoms with van der Waals surface area (Å²) in [6, 6.07) is 33.5. The number of fused-ring (bicyclic) bond motifs is 6. The largest absolute Gasteiger partial charge is 0.295 e. The summed E-state index contributed by atoms with van der Waals surface area (Å²) in [6.45, 7) is 4.49. The minimum atomic E-state index is -0.219. The first-order valence-electron chi connectivity index (χ1n) is 11.6. The summed E-state index contributed by atoms with van der Waals surface area (Å²) in [5.74, 6) is 1.82. The van der Waals surface area contributed by atoms with E-state index in [1.54, 1.807) is 0 Å². The zero-order valence-corrected chi connectivity index (χ0v) is 19.0. The molecule has 34 heavy (non-hydrogen) atoms. The van der Waals surface area contributed by atoms with Gasteiger partial charge in [0.25, 0.3) is 0 Å². The van der Waals surface area contributed by atoms with Gasteiger partial charge in [0.05, 0.1) is 33.3 Å². The van der Waals surface area contributed by atoms with E-state index in [-0.39, 0.29) is 5.41 Å². The van der Waals surface area contributed by atoms with Gasteiger partial charge in [0, 0.05) is 16.5 Å². The SMILES string of the molecule is CC1(C)c2cc(-c3nc(-c4ccccc4)c4ccccc4n3)ccc2-n2c1nc1ccccc12. The van der Waals surface area contributed by atoms with E-state index >= 15 is 0 Å². The molecule has 0 saturated carbocycles. The molecule has 4 nitrogen and oxygen atoms in total. The van der Waals surface area contributed by atoms with Crippen molar-refractivity contribution in [3.05, 3.63) is 108 Å². The lowest BCUT2D eigenvalue weighted by Gasteiger charge is -2.18. The van der Waals surface area contributed by atoms with Crippen molar-refractivity contribution in [2.45, 2.75) is 19.3 Å². The van der Waals surface area contributed by atoms with Gasteiger partial charge in [0.2, 0.25) is 0 Å². The minimum absolute atomic E-state index is 0.219. The fourth-order valence-corrected chi connectivity index (χ4v) is 5.20. The zero-order chi connectivity index (χ0) is 22.9. The van der Waals surface area contributed by atoms with Crippen molar-refractivity contribution in [1.29, 1.82) is 0 Å². The highest BCUT2D eigenvalue weighted by Crippen LogP contribution is 2.45. The van der Waals surface area contributed by atoms with Crippen LogP contribution in [0.5, 0.6) is 0 Å². The van der Waals surface area contributed by atoms with Crippen LogP contribution in [0, 0.1) is 0 Å². The van der Waals surface area contributed by atoms with Gasteiger partial charge in [-0.1, -0.05) is 60.7 Å². The zero-order valence-electron chi connectivity index (χ0n) is 19.0. The van der Waals surface area contributed by atoms with E-state index in [0.29, 0.717) is 0 Å². The highest BCUT2D eigenvalue weighted by atomic mass is 15.1. The van der Waals surface area contributed by atoms with Crippen LogP contribution in [-0.4, -0.2) is 19.5 Å². The molecule has 7 rings (SSSR count). The Hall–Kier alpha value is -4.31. The number of nitrogens with zero attached hydrogens (tertiary/aromatic N) is 4. The lowest BCUT2D eigenvalue weighted by atomic mass is 9.84. The van der Waals surface area contributed by atoms with Crippen LogP contribution in [0.2, 0.25) is 0 Å². The Bertz CT molecular complexity index is 1730. The molecule has 0 amide bonds. The Morgan fingerprint density at radius 2 is 1.38 bits per heavy atom.